The summed E-state index contributed by atoms with van der Waals surface area (Å²) in [5.74, 6) is -0.594. The first kappa shape index (κ1) is 16.9. The number of carbonyl (C=O) groups is 1. The summed E-state index contributed by atoms with van der Waals surface area (Å²) in [4.78, 5) is 10.8. The highest BCUT2D eigenvalue weighted by Gasteiger charge is 2.16. The van der Waals surface area contributed by atoms with Gasteiger partial charge in [0.05, 0.1) is 5.02 Å². The minimum absolute atomic E-state index is 0.00263. The third kappa shape index (κ3) is 5.48. The largest absolute Gasteiger partial charge is 0.433 e. The minimum atomic E-state index is -2.99. The van der Waals surface area contributed by atoms with Crippen molar-refractivity contribution in [3.05, 3.63) is 27.7 Å². The molecule has 112 valence electrons. The molecule has 0 aliphatic heterocycles. The Morgan fingerprint density at radius 2 is 2.10 bits per heavy atom. The third-order valence-corrected chi connectivity index (χ3v) is 2.94. The summed E-state index contributed by atoms with van der Waals surface area (Å²) in [6.07, 6.45) is 0.124. The molecule has 1 aromatic carbocycles. The molecule has 0 saturated carbocycles. The van der Waals surface area contributed by atoms with E-state index < -0.39 is 12.5 Å². The molecule has 1 amide bonds. The third-order valence-electron chi connectivity index (χ3n) is 2.44. The first-order valence-electron chi connectivity index (χ1n) is 5.74. The number of halogens is 4. The van der Waals surface area contributed by atoms with E-state index in [1.165, 1.54) is 12.1 Å². The van der Waals surface area contributed by atoms with Crippen LogP contribution in [0.3, 0.4) is 0 Å². The lowest BCUT2D eigenvalue weighted by molar-refractivity contribution is -0.118. The van der Waals surface area contributed by atoms with Gasteiger partial charge in [-0.25, -0.2) is 0 Å². The molecule has 0 fully saturated rings. The van der Waals surface area contributed by atoms with Crippen molar-refractivity contribution in [1.29, 1.82) is 0 Å². The van der Waals surface area contributed by atoms with Gasteiger partial charge in [-0.2, -0.15) is 8.78 Å². The fourth-order valence-electron chi connectivity index (χ4n) is 1.62. The van der Waals surface area contributed by atoms with Crippen LogP contribution in [0.1, 0.15) is 18.9 Å². The average molecular weight is 327 g/mol. The zero-order valence-corrected chi connectivity index (χ0v) is 12.1. The summed E-state index contributed by atoms with van der Waals surface area (Å²) in [6, 6.07) is 2.57. The van der Waals surface area contributed by atoms with E-state index in [9.17, 15) is 13.6 Å². The second kappa shape index (κ2) is 7.61. The lowest BCUT2D eigenvalue weighted by atomic mass is 10.1. The Hall–Kier alpha value is -1.11. The number of amides is 1. The molecule has 1 aromatic rings. The van der Waals surface area contributed by atoms with Crippen LogP contribution in [0.2, 0.25) is 10.0 Å². The Balaban J connectivity index is 2.84. The van der Waals surface area contributed by atoms with Gasteiger partial charge in [-0.3, -0.25) is 4.79 Å². The molecule has 0 bridgehead atoms. The summed E-state index contributed by atoms with van der Waals surface area (Å²) >= 11 is 11.7. The maximum atomic E-state index is 12.4. The first-order chi connectivity index (χ1) is 9.29. The molecular weight excluding hydrogens is 313 g/mol. The maximum Gasteiger partial charge on any atom is 0.387 e. The van der Waals surface area contributed by atoms with Crippen LogP contribution in [0.4, 0.5) is 8.78 Å². The number of nitrogens with two attached hydrogens (primary N) is 1. The number of hydrogen-bond acceptors (Lipinski definition) is 3. The van der Waals surface area contributed by atoms with Crippen molar-refractivity contribution < 1.29 is 18.3 Å². The summed E-state index contributed by atoms with van der Waals surface area (Å²) < 4.78 is 29.1. The van der Waals surface area contributed by atoms with E-state index in [2.05, 4.69) is 10.1 Å². The molecule has 0 radical (unpaired) electrons. The normalized spacial score (nSPS) is 12.5. The smallest absolute Gasteiger partial charge is 0.387 e. The van der Waals surface area contributed by atoms with Gasteiger partial charge in [-0.15, -0.1) is 0 Å². The second-order valence-electron chi connectivity index (χ2n) is 4.21. The van der Waals surface area contributed by atoms with Crippen molar-refractivity contribution in [2.75, 3.05) is 0 Å². The zero-order valence-electron chi connectivity index (χ0n) is 10.6. The Kier molecular flexibility index (Phi) is 6.45. The summed E-state index contributed by atoms with van der Waals surface area (Å²) in [7, 11) is 0. The molecule has 0 spiro atoms. The summed E-state index contributed by atoms with van der Waals surface area (Å²) in [5.41, 5.74) is 5.44. The molecule has 1 rings (SSSR count). The number of hydrogen-bond donors (Lipinski definition) is 2. The van der Waals surface area contributed by atoms with Gasteiger partial charge < -0.3 is 15.8 Å². The molecule has 0 aliphatic rings. The standard InChI is InChI=1S/C12H14Cl2F2N2O2/c1-6(2-10(17)19)18-5-7-3-8(13)4-9(14)11(7)20-12(15)16/h3-4,6,12,18H,2,5H2,1H3,(H2,17,19)/t6-/m0/s1. The zero-order chi connectivity index (χ0) is 15.3. The minimum Gasteiger partial charge on any atom is -0.433 e. The molecule has 3 N–H and O–H groups in total. The van der Waals surface area contributed by atoms with Crippen LogP contribution < -0.4 is 15.8 Å². The fraction of sp³-hybridized carbons (Fsp3) is 0.417. The lowest BCUT2D eigenvalue weighted by Crippen LogP contribution is -2.30. The van der Waals surface area contributed by atoms with Gasteiger partial charge in [0.15, 0.2) is 0 Å². The summed E-state index contributed by atoms with van der Waals surface area (Å²) in [6.45, 7) is -1.09. The highest BCUT2D eigenvalue weighted by atomic mass is 35.5. The monoisotopic (exact) mass is 326 g/mol. The van der Waals surface area contributed by atoms with Crippen molar-refractivity contribution in [3.8, 4) is 5.75 Å². The quantitative estimate of drug-likeness (QED) is 0.809. The van der Waals surface area contributed by atoms with Crippen LogP contribution in [0, 0.1) is 0 Å². The molecule has 8 heteroatoms. The predicted octanol–water partition coefficient (Wildman–Crippen LogP) is 2.95. The predicted molar refractivity (Wildman–Crippen MR) is 73.2 cm³/mol. The van der Waals surface area contributed by atoms with Crippen molar-refractivity contribution in [2.45, 2.75) is 32.5 Å². The van der Waals surface area contributed by atoms with E-state index in [0.717, 1.165) is 0 Å². The summed E-state index contributed by atoms with van der Waals surface area (Å²) in [5, 5.41) is 3.25. The maximum absolute atomic E-state index is 12.4. The van der Waals surface area contributed by atoms with Crippen LogP contribution >= 0.6 is 23.2 Å². The first-order valence-corrected chi connectivity index (χ1v) is 6.49. The van der Waals surface area contributed by atoms with Crippen molar-refractivity contribution in [3.63, 3.8) is 0 Å². The number of carbonyl (C=O) groups excluding carboxylic acids is 1. The second-order valence-corrected chi connectivity index (χ2v) is 5.05. The van der Waals surface area contributed by atoms with Crippen molar-refractivity contribution in [2.24, 2.45) is 5.73 Å². The van der Waals surface area contributed by atoms with Gasteiger partial charge >= 0.3 is 6.61 Å². The van der Waals surface area contributed by atoms with E-state index in [0.29, 0.717) is 10.6 Å². The fourth-order valence-corrected chi connectivity index (χ4v) is 2.20. The number of nitrogens with one attached hydrogen (secondary N) is 1. The van der Waals surface area contributed by atoms with Gasteiger partial charge in [0.1, 0.15) is 5.75 Å². The van der Waals surface area contributed by atoms with Crippen LogP contribution in [-0.4, -0.2) is 18.6 Å². The Labute approximate surface area is 125 Å². The molecule has 1 atom stereocenters. The van der Waals surface area contributed by atoms with Gasteiger partial charge in [-0.1, -0.05) is 23.2 Å². The molecule has 20 heavy (non-hydrogen) atoms. The molecule has 0 heterocycles. The molecule has 4 nitrogen and oxygen atoms in total. The van der Waals surface area contributed by atoms with Gasteiger partial charge in [0.2, 0.25) is 5.91 Å². The van der Waals surface area contributed by atoms with Gasteiger partial charge in [0.25, 0.3) is 0 Å². The highest BCUT2D eigenvalue weighted by Crippen LogP contribution is 2.33. The van der Waals surface area contributed by atoms with E-state index in [1.807, 2.05) is 0 Å². The number of ether oxygens (including phenoxy) is 1. The average Bonchev–Trinajstić information content (AvgIpc) is 2.29. The van der Waals surface area contributed by atoms with Crippen molar-refractivity contribution >= 4 is 29.1 Å². The number of benzene rings is 1. The molecule has 0 aliphatic carbocycles. The lowest BCUT2D eigenvalue weighted by Gasteiger charge is -2.16. The Morgan fingerprint density at radius 1 is 1.45 bits per heavy atom. The van der Waals surface area contributed by atoms with Gasteiger partial charge in [-0.05, 0) is 19.1 Å². The van der Waals surface area contributed by atoms with Gasteiger partial charge in [0, 0.05) is 29.6 Å². The Morgan fingerprint density at radius 3 is 2.65 bits per heavy atom. The molecule has 0 unspecified atom stereocenters. The van der Waals surface area contributed by atoms with Crippen LogP contribution in [0.25, 0.3) is 0 Å². The SMILES string of the molecule is C[C@@H](CC(N)=O)NCc1cc(Cl)cc(Cl)c1OC(F)F. The van der Waals surface area contributed by atoms with Crippen LogP contribution in [0.5, 0.6) is 5.75 Å². The van der Waals surface area contributed by atoms with E-state index in [1.54, 1.807) is 6.92 Å². The van der Waals surface area contributed by atoms with E-state index in [-0.39, 0.29) is 29.8 Å². The number of primary amides is 1. The van der Waals surface area contributed by atoms with E-state index >= 15 is 0 Å². The molecule has 0 saturated heterocycles. The topological polar surface area (TPSA) is 64.4 Å². The van der Waals surface area contributed by atoms with E-state index in [4.69, 9.17) is 28.9 Å². The van der Waals surface area contributed by atoms with Crippen LogP contribution in [0.15, 0.2) is 12.1 Å². The highest BCUT2D eigenvalue weighted by molar-refractivity contribution is 6.35. The van der Waals surface area contributed by atoms with Crippen LogP contribution in [-0.2, 0) is 11.3 Å². The molecular formula is C12H14Cl2F2N2O2. The van der Waals surface area contributed by atoms with Crippen molar-refractivity contribution in [1.82, 2.24) is 5.32 Å². The number of alkyl halides is 2. The Bertz CT molecular complexity index is 487. The molecule has 0 aromatic heterocycles. The number of rotatable bonds is 7.